The average molecular weight is 375 g/mol. The number of unbranched alkanes of at least 4 members (excludes halogenated alkanes) is 1. The van der Waals surface area contributed by atoms with Gasteiger partial charge in [0, 0.05) is 30.1 Å². The molecule has 6 heteroatoms. The number of hydrogen-bond acceptors (Lipinski definition) is 5. The Kier molecular flexibility index (Phi) is 6.91. The first kappa shape index (κ1) is 18.7. The van der Waals surface area contributed by atoms with Gasteiger partial charge >= 0.3 is 0 Å². The number of amides is 1. The Hall–Kier alpha value is -2.05. The maximum atomic E-state index is 12.3. The molecule has 0 aliphatic carbocycles. The van der Waals surface area contributed by atoms with Crippen LogP contribution in [-0.4, -0.2) is 39.3 Å². The van der Waals surface area contributed by atoms with E-state index in [4.69, 9.17) is 9.47 Å². The molecule has 1 aliphatic heterocycles. The molecule has 0 unspecified atom stereocenters. The number of nitrogens with zero attached hydrogens (tertiary/aromatic N) is 1. The molecule has 1 aromatic heterocycles. The number of carbonyl (C=O) groups is 1. The van der Waals surface area contributed by atoms with E-state index >= 15 is 0 Å². The number of hydrogen-bond donors (Lipinski definition) is 1. The first-order chi connectivity index (χ1) is 12.8. The van der Waals surface area contributed by atoms with Crippen LogP contribution in [0.15, 0.2) is 35.7 Å². The quantitative estimate of drug-likeness (QED) is 0.711. The van der Waals surface area contributed by atoms with Crippen LogP contribution in [0.4, 0.5) is 11.4 Å². The molecule has 5 nitrogen and oxygen atoms in total. The third-order valence-electron chi connectivity index (χ3n) is 4.49. The van der Waals surface area contributed by atoms with Gasteiger partial charge in [0.25, 0.3) is 0 Å². The minimum Gasteiger partial charge on any atom is -0.495 e. The van der Waals surface area contributed by atoms with Gasteiger partial charge in [-0.05, 0) is 48.9 Å². The Labute approximate surface area is 158 Å². The smallest absolute Gasteiger partial charge is 0.224 e. The minimum atomic E-state index is 0.0357. The molecule has 1 N–H and O–H groups in total. The number of thiophene rings is 1. The second kappa shape index (κ2) is 9.59. The fourth-order valence-corrected chi connectivity index (χ4v) is 3.82. The first-order valence-electron chi connectivity index (χ1n) is 9.09. The van der Waals surface area contributed by atoms with Gasteiger partial charge in [0.1, 0.15) is 5.75 Å². The van der Waals surface area contributed by atoms with Crippen LogP contribution < -0.4 is 15.0 Å². The van der Waals surface area contributed by atoms with Gasteiger partial charge in [0.05, 0.1) is 26.0 Å². The zero-order chi connectivity index (χ0) is 18.2. The Bertz CT molecular complexity index is 697. The largest absolute Gasteiger partial charge is 0.495 e. The second-order valence-electron chi connectivity index (χ2n) is 6.32. The molecule has 3 rings (SSSR count). The number of morpholine rings is 1. The Morgan fingerprint density at radius 1 is 1.27 bits per heavy atom. The number of benzene rings is 1. The van der Waals surface area contributed by atoms with Crippen molar-refractivity contribution in [2.75, 3.05) is 43.6 Å². The van der Waals surface area contributed by atoms with Gasteiger partial charge in [-0.3, -0.25) is 4.79 Å². The molecule has 2 aromatic rings. The second-order valence-corrected chi connectivity index (χ2v) is 7.35. The summed E-state index contributed by atoms with van der Waals surface area (Å²) in [5.74, 6) is 0.725. The molecule has 2 heterocycles. The highest BCUT2D eigenvalue weighted by atomic mass is 32.1. The maximum absolute atomic E-state index is 12.3. The van der Waals surface area contributed by atoms with Crippen LogP contribution >= 0.6 is 11.3 Å². The van der Waals surface area contributed by atoms with E-state index in [1.807, 2.05) is 18.2 Å². The summed E-state index contributed by atoms with van der Waals surface area (Å²) in [4.78, 5) is 16.0. The number of rotatable bonds is 8. The first-order valence-corrected chi connectivity index (χ1v) is 9.97. The van der Waals surface area contributed by atoms with Gasteiger partial charge in [-0.25, -0.2) is 0 Å². The summed E-state index contributed by atoms with van der Waals surface area (Å²) in [5, 5.41) is 5.11. The number of anilines is 2. The lowest BCUT2D eigenvalue weighted by Gasteiger charge is -2.29. The summed E-state index contributed by atoms with van der Waals surface area (Å²) in [5.41, 5.74) is 1.82. The summed E-state index contributed by atoms with van der Waals surface area (Å²) in [6.45, 7) is 3.20. The fourth-order valence-electron chi connectivity index (χ4n) is 3.06. The van der Waals surface area contributed by atoms with E-state index in [9.17, 15) is 4.79 Å². The van der Waals surface area contributed by atoms with Crippen molar-refractivity contribution in [1.82, 2.24) is 0 Å². The van der Waals surface area contributed by atoms with Crippen molar-refractivity contribution >= 4 is 28.6 Å². The van der Waals surface area contributed by atoms with Gasteiger partial charge < -0.3 is 19.7 Å². The van der Waals surface area contributed by atoms with Crippen molar-refractivity contribution in [2.24, 2.45) is 0 Å². The summed E-state index contributed by atoms with van der Waals surface area (Å²) in [7, 11) is 1.63. The predicted octanol–water partition coefficient (Wildman–Crippen LogP) is 3.94. The molecule has 1 aromatic carbocycles. The van der Waals surface area contributed by atoms with Gasteiger partial charge in [-0.1, -0.05) is 6.07 Å². The lowest BCUT2D eigenvalue weighted by Crippen LogP contribution is -2.36. The third-order valence-corrected chi connectivity index (χ3v) is 5.43. The molecule has 0 spiro atoms. The normalized spacial score (nSPS) is 14.3. The Balaban J connectivity index is 1.53. The predicted molar refractivity (Wildman–Crippen MR) is 107 cm³/mol. The molecule has 26 heavy (non-hydrogen) atoms. The van der Waals surface area contributed by atoms with Crippen LogP contribution in [0.1, 0.15) is 24.1 Å². The van der Waals surface area contributed by atoms with Crippen molar-refractivity contribution < 1.29 is 14.3 Å². The number of carbonyl (C=O) groups excluding carboxylic acids is 1. The lowest BCUT2D eigenvalue weighted by molar-refractivity contribution is -0.116. The number of aryl methyl sites for hydroxylation is 1. The van der Waals surface area contributed by atoms with Crippen molar-refractivity contribution in [3.63, 3.8) is 0 Å². The van der Waals surface area contributed by atoms with E-state index in [0.717, 1.165) is 56.9 Å². The van der Waals surface area contributed by atoms with Crippen molar-refractivity contribution in [3.8, 4) is 5.75 Å². The molecular formula is C20H26N2O3S. The molecule has 1 fully saturated rings. The standard InChI is InChI=1S/C20H26N2O3S/c1-24-19-9-8-16(22-10-12-25-13-11-22)15-18(19)21-20(23)7-3-2-5-17-6-4-14-26-17/h4,6,8-9,14-15H,2-3,5,7,10-13H2,1H3,(H,21,23). The van der Waals surface area contributed by atoms with E-state index < -0.39 is 0 Å². The Morgan fingerprint density at radius 3 is 2.85 bits per heavy atom. The highest BCUT2D eigenvalue weighted by Crippen LogP contribution is 2.30. The van der Waals surface area contributed by atoms with E-state index in [0.29, 0.717) is 12.2 Å². The summed E-state index contributed by atoms with van der Waals surface area (Å²) >= 11 is 1.77. The number of ether oxygens (including phenoxy) is 2. The zero-order valence-electron chi connectivity index (χ0n) is 15.2. The van der Waals surface area contributed by atoms with Crippen molar-refractivity contribution in [1.29, 1.82) is 0 Å². The van der Waals surface area contributed by atoms with Gasteiger partial charge in [-0.15, -0.1) is 11.3 Å². The molecular weight excluding hydrogens is 348 g/mol. The van der Waals surface area contributed by atoms with Gasteiger partial charge in [0.15, 0.2) is 0 Å². The highest BCUT2D eigenvalue weighted by Gasteiger charge is 2.14. The minimum absolute atomic E-state index is 0.0357. The van der Waals surface area contributed by atoms with E-state index in [1.54, 1.807) is 18.4 Å². The average Bonchev–Trinajstić information content (AvgIpc) is 3.19. The van der Waals surface area contributed by atoms with Crippen LogP contribution in [0.2, 0.25) is 0 Å². The van der Waals surface area contributed by atoms with E-state index in [1.165, 1.54) is 4.88 Å². The third kappa shape index (κ3) is 5.22. The molecule has 1 aliphatic rings. The monoisotopic (exact) mass is 374 g/mol. The highest BCUT2D eigenvalue weighted by molar-refractivity contribution is 7.09. The molecule has 1 amide bonds. The van der Waals surface area contributed by atoms with Crippen LogP contribution in [0.3, 0.4) is 0 Å². The van der Waals surface area contributed by atoms with Crippen molar-refractivity contribution in [2.45, 2.75) is 25.7 Å². The van der Waals surface area contributed by atoms with Crippen LogP contribution in [0.25, 0.3) is 0 Å². The summed E-state index contributed by atoms with van der Waals surface area (Å²) < 4.78 is 10.8. The molecule has 140 valence electrons. The molecule has 0 bridgehead atoms. The maximum Gasteiger partial charge on any atom is 0.224 e. The topological polar surface area (TPSA) is 50.8 Å². The molecule has 0 radical (unpaired) electrons. The van der Waals surface area contributed by atoms with E-state index in [2.05, 4.69) is 27.7 Å². The number of methoxy groups -OCH3 is 1. The van der Waals surface area contributed by atoms with E-state index in [-0.39, 0.29) is 5.91 Å². The van der Waals surface area contributed by atoms with Gasteiger partial charge in [-0.2, -0.15) is 0 Å². The van der Waals surface area contributed by atoms with Crippen LogP contribution in [0.5, 0.6) is 5.75 Å². The summed E-state index contributed by atoms with van der Waals surface area (Å²) in [6, 6.07) is 10.2. The number of nitrogens with one attached hydrogen (secondary N) is 1. The fraction of sp³-hybridized carbons (Fsp3) is 0.450. The zero-order valence-corrected chi connectivity index (χ0v) is 16.0. The SMILES string of the molecule is COc1ccc(N2CCOCC2)cc1NC(=O)CCCCc1cccs1. The molecule has 0 saturated carbocycles. The lowest BCUT2D eigenvalue weighted by atomic mass is 10.1. The summed E-state index contributed by atoms with van der Waals surface area (Å²) in [6.07, 6.45) is 3.48. The van der Waals surface area contributed by atoms with Crippen molar-refractivity contribution in [3.05, 3.63) is 40.6 Å². The van der Waals surface area contributed by atoms with Crippen LogP contribution in [-0.2, 0) is 16.0 Å². The Morgan fingerprint density at radius 2 is 2.12 bits per heavy atom. The van der Waals surface area contributed by atoms with Crippen LogP contribution in [0, 0.1) is 0 Å². The molecule has 1 saturated heterocycles. The molecule has 0 atom stereocenters. The van der Waals surface area contributed by atoms with Gasteiger partial charge in [0.2, 0.25) is 5.91 Å².